The maximum atomic E-state index is 12.0. The SMILES string of the molecule is CC(OC(=O)CCCc1nc2ccccc2s1)C(=O)NCc1ccccc1. The van der Waals surface area contributed by atoms with Gasteiger partial charge in [0.1, 0.15) is 0 Å². The molecule has 6 heteroatoms. The van der Waals surface area contributed by atoms with Crippen molar-refractivity contribution in [1.82, 2.24) is 10.3 Å². The molecule has 1 amide bonds. The lowest BCUT2D eigenvalue weighted by molar-refractivity contribution is -0.154. The van der Waals surface area contributed by atoms with Gasteiger partial charge in [-0.1, -0.05) is 42.5 Å². The van der Waals surface area contributed by atoms with Gasteiger partial charge in [-0.3, -0.25) is 9.59 Å². The van der Waals surface area contributed by atoms with Gasteiger partial charge in [0.15, 0.2) is 6.10 Å². The van der Waals surface area contributed by atoms with Crippen LogP contribution in [0.4, 0.5) is 0 Å². The smallest absolute Gasteiger partial charge is 0.306 e. The standard InChI is InChI=1S/C21H22N2O3S/c1-15(21(25)22-14-16-8-3-2-4-9-16)26-20(24)13-7-12-19-23-17-10-5-6-11-18(17)27-19/h2-6,8-11,15H,7,12-14H2,1H3,(H,22,25). The molecular formula is C21H22N2O3S. The number of nitrogens with one attached hydrogen (secondary N) is 1. The Morgan fingerprint density at radius 3 is 2.63 bits per heavy atom. The molecule has 0 aliphatic heterocycles. The molecule has 140 valence electrons. The minimum Gasteiger partial charge on any atom is -0.453 e. The molecule has 1 atom stereocenters. The molecule has 1 N–H and O–H groups in total. The van der Waals surface area contributed by atoms with E-state index in [1.54, 1.807) is 18.3 Å². The first kappa shape index (κ1) is 19.0. The number of esters is 1. The van der Waals surface area contributed by atoms with E-state index in [0.29, 0.717) is 13.0 Å². The fourth-order valence-corrected chi connectivity index (χ4v) is 3.66. The molecule has 2 aromatic carbocycles. The molecule has 1 unspecified atom stereocenters. The van der Waals surface area contributed by atoms with E-state index in [0.717, 1.165) is 27.2 Å². The van der Waals surface area contributed by atoms with E-state index < -0.39 is 6.10 Å². The van der Waals surface area contributed by atoms with E-state index in [1.165, 1.54) is 0 Å². The molecule has 0 spiro atoms. The van der Waals surface area contributed by atoms with Gasteiger partial charge in [-0.25, -0.2) is 4.98 Å². The van der Waals surface area contributed by atoms with Crippen LogP contribution < -0.4 is 5.32 Å². The molecule has 0 saturated heterocycles. The summed E-state index contributed by atoms with van der Waals surface area (Å²) in [5.74, 6) is -0.656. The summed E-state index contributed by atoms with van der Waals surface area (Å²) in [5.41, 5.74) is 1.99. The second-order valence-corrected chi connectivity index (χ2v) is 7.38. The first-order valence-electron chi connectivity index (χ1n) is 8.97. The largest absolute Gasteiger partial charge is 0.453 e. The highest BCUT2D eigenvalue weighted by Crippen LogP contribution is 2.22. The normalized spacial score (nSPS) is 11.9. The summed E-state index contributed by atoms with van der Waals surface area (Å²) in [4.78, 5) is 28.6. The third-order valence-electron chi connectivity index (χ3n) is 4.10. The number of aryl methyl sites for hydroxylation is 1. The molecule has 1 aromatic heterocycles. The van der Waals surface area contributed by atoms with Gasteiger partial charge in [0.25, 0.3) is 5.91 Å². The summed E-state index contributed by atoms with van der Waals surface area (Å²) in [7, 11) is 0. The van der Waals surface area contributed by atoms with Gasteiger partial charge in [-0.15, -0.1) is 11.3 Å². The lowest BCUT2D eigenvalue weighted by Crippen LogP contribution is -2.35. The molecule has 5 nitrogen and oxygen atoms in total. The van der Waals surface area contributed by atoms with Crippen LogP contribution in [-0.2, 0) is 27.3 Å². The summed E-state index contributed by atoms with van der Waals surface area (Å²) < 4.78 is 6.38. The monoisotopic (exact) mass is 382 g/mol. The number of hydrogen-bond donors (Lipinski definition) is 1. The zero-order chi connectivity index (χ0) is 19.1. The maximum absolute atomic E-state index is 12.0. The van der Waals surface area contributed by atoms with Crippen LogP contribution in [-0.4, -0.2) is 23.0 Å². The number of nitrogens with zero attached hydrogens (tertiary/aromatic N) is 1. The number of rotatable bonds is 8. The molecule has 1 heterocycles. The lowest BCUT2D eigenvalue weighted by Gasteiger charge is -2.13. The topological polar surface area (TPSA) is 68.3 Å². The Labute approximate surface area is 162 Å². The highest BCUT2D eigenvalue weighted by molar-refractivity contribution is 7.18. The Morgan fingerprint density at radius 2 is 1.85 bits per heavy atom. The zero-order valence-corrected chi connectivity index (χ0v) is 16.0. The number of carbonyl (C=O) groups excluding carboxylic acids is 2. The lowest BCUT2D eigenvalue weighted by atomic mass is 10.2. The quantitative estimate of drug-likeness (QED) is 0.601. The second kappa shape index (κ2) is 9.28. The Morgan fingerprint density at radius 1 is 1.11 bits per heavy atom. The maximum Gasteiger partial charge on any atom is 0.306 e. The summed E-state index contributed by atoms with van der Waals surface area (Å²) in [5, 5.41) is 3.79. The molecule has 0 aliphatic carbocycles. The predicted octanol–water partition coefficient (Wildman–Crippen LogP) is 3.87. The van der Waals surface area contributed by atoms with Gasteiger partial charge >= 0.3 is 5.97 Å². The summed E-state index contributed by atoms with van der Waals surface area (Å²) in [6.07, 6.45) is 0.843. The van der Waals surface area contributed by atoms with Crippen molar-refractivity contribution in [3.63, 3.8) is 0 Å². The van der Waals surface area contributed by atoms with Crippen molar-refractivity contribution in [3.8, 4) is 0 Å². The highest BCUT2D eigenvalue weighted by Gasteiger charge is 2.17. The van der Waals surface area contributed by atoms with Gasteiger partial charge in [-0.2, -0.15) is 0 Å². The Balaban J connectivity index is 1.38. The van der Waals surface area contributed by atoms with Crippen LogP contribution >= 0.6 is 11.3 Å². The third-order valence-corrected chi connectivity index (χ3v) is 5.19. The first-order valence-corrected chi connectivity index (χ1v) is 9.79. The number of benzene rings is 2. The fraction of sp³-hybridized carbons (Fsp3) is 0.286. The summed E-state index contributed by atoms with van der Waals surface area (Å²) in [6, 6.07) is 17.6. The highest BCUT2D eigenvalue weighted by atomic mass is 32.1. The van der Waals surface area contributed by atoms with Crippen molar-refractivity contribution in [2.75, 3.05) is 0 Å². The van der Waals surface area contributed by atoms with Crippen LogP contribution in [0.1, 0.15) is 30.3 Å². The molecule has 0 aliphatic rings. The molecule has 27 heavy (non-hydrogen) atoms. The third kappa shape index (κ3) is 5.62. The average molecular weight is 382 g/mol. The van der Waals surface area contributed by atoms with Crippen molar-refractivity contribution < 1.29 is 14.3 Å². The molecular weight excluding hydrogens is 360 g/mol. The van der Waals surface area contributed by atoms with Crippen molar-refractivity contribution in [1.29, 1.82) is 0 Å². The van der Waals surface area contributed by atoms with E-state index in [9.17, 15) is 9.59 Å². The molecule has 0 radical (unpaired) electrons. The summed E-state index contributed by atoms with van der Waals surface area (Å²) in [6.45, 7) is 2.00. The number of ether oxygens (including phenoxy) is 1. The fourth-order valence-electron chi connectivity index (χ4n) is 2.65. The van der Waals surface area contributed by atoms with Crippen LogP contribution in [0.15, 0.2) is 54.6 Å². The molecule has 0 fully saturated rings. The number of hydrogen-bond acceptors (Lipinski definition) is 5. The number of aromatic nitrogens is 1. The van der Waals surface area contributed by atoms with E-state index >= 15 is 0 Å². The van der Waals surface area contributed by atoms with Gasteiger partial charge in [-0.05, 0) is 37.5 Å². The van der Waals surface area contributed by atoms with Gasteiger partial charge in [0.2, 0.25) is 0 Å². The van der Waals surface area contributed by atoms with Crippen molar-refractivity contribution in [3.05, 3.63) is 65.2 Å². The van der Waals surface area contributed by atoms with E-state index in [-0.39, 0.29) is 18.3 Å². The molecule has 3 rings (SSSR count). The van der Waals surface area contributed by atoms with Crippen LogP contribution in [0.3, 0.4) is 0 Å². The molecule has 0 bridgehead atoms. The number of para-hydroxylation sites is 1. The van der Waals surface area contributed by atoms with Crippen LogP contribution in [0.25, 0.3) is 10.2 Å². The predicted molar refractivity (Wildman–Crippen MR) is 106 cm³/mol. The van der Waals surface area contributed by atoms with Crippen LogP contribution in [0.5, 0.6) is 0 Å². The van der Waals surface area contributed by atoms with Gasteiger partial charge in [0, 0.05) is 13.0 Å². The molecule has 3 aromatic rings. The Bertz CT molecular complexity index is 875. The minimum absolute atomic E-state index is 0.270. The van der Waals surface area contributed by atoms with Crippen molar-refractivity contribution in [2.24, 2.45) is 0 Å². The Hall–Kier alpha value is -2.73. The van der Waals surface area contributed by atoms with Gasteiger partial charge < -0.3 is 10.1 Å². The van der Waals surface area contributed by atoms with E-state index in [4.69, 9.17) is 4.74 Å². The van der Waals surface area contributed by atoms with Crippen LogP contribution in [0, 0.1) is 0 Å². The number of thiazole rings is 1. The number of carbonyl (C=O) groups is 2. The second-order valence-electron chi connectivity index (χ2n) is 6.26. The molecule has 0 saturated carbocycles. The van der Waals surface area contributed by atoms with Crippen molar-refractivity contribution >= 4 is 33.4 Å². The van der Waals surface area contributed by atoms with Crippen LogP contribution in [0.2, 0.25) is 0 Å². The van der Waals surface area contributed by atoms with Crippen molar-refractivity contribution in [2.45, 2.75) is 38.8 Å². The van der Waals surface area contributed by atoms with E-state index in [2.05, 4.69) is 10.3 Å². The Kier molecular flexibility index (Phi) is 6.54. The number of fused-ring (bicyclic) bond motifs is 1. The summed E-state index contributed by atoms with van der Waals surface area (Å²) >= 11 is 1.64. The average Bonchev–Trinajstić information content (AvgIpc) is 3.09. The van der Waals surface area contributed by atoms with Gasteiger partial charge in [0.05, 0.1) is 15.2 Å². The zero-order valence-electron chi connectivity index (χ0n) is 15.2. The van der Waals surface area contributed by atoms with E-state index in [1.807, 2.05) is 54.6 Å². The first-order chi connectivity index (χ1) is 13.1. The number of amides is 1. The minimum atomic E-state index is -0.802.